The Balaban J connectivity index is 2.08. The lowest BCUT2D eigenvalue weighted by molar-refractivity contribution is -0.297. The van der Waals surface area contributed by atoms with Crippen LogP contribution in [0.5, 0.6) is 0 Å². The van der Waals surface area contributed by atoms with Gasteiger partial charge in [0.2, 0.25) is 0 Å². The van der Waals surface area contributed by atoms with Crippen molar-refractivity contribution in [1.29, 1.82) is 0 Å². The first-order valence-electron chi connectivity index (χ1n) is 8.44. The van der Waals surface area contributed by atoms with Crippen molar-refractivity contribution in [2.75, 3.05) is 0 Å². The first-order chi connectivity index (χ1) is 10.9. The van der Waals surface area contributed by atoms with Crippen molar-refractivity contribution in [3.8, 4) is 0 Å². The molecule has 1 rings (SSSR count). The predicted octanol–water partition coefficient (Wildman–Crippen LogP) is 0.895. The summed E-state index contributed by atoms with van der Waals surface area (Å²) >= 11 is 0. The number of carboxylic acids is 1. The Morgan fingerprint density at radius 1 is 1.30 bits per heavy atom. The van der Waals surface area contributed by atoms with Crippen LogP contribution in [0.3, 0.4) is 0 Å². The highest BCUT2D eigenvalue weighted by molar-refractivity contribution is 5.77. The lowest BCUT2D eigenvalue weighted by Crippen LogP contribution is -2.48. The van der Waals surface area contributed by atoms with Crippen molar-refractivity contribution in [2.45, 2.75) is 89.5 Å². The van der Waals surface area contributed by atoms with Crippen molar-refractivity contribution >= 4 is 5.97 Å². The first kappa shape index (κ1) is 20.1. The van der Waals surface area contributed by atoms with Gasteiger partial charge in [0, 0.05) is 6.42 Å². The van der Waals surface area contributed by atoms with Gasteiger partial charge >= 0.3 is 0 Å². The van der Waals surface area contributed by atoms with Crippen LogP contribution in [0, 0.1) is 0 Å². The number of allylic oxidation sites excluding steroid dienone is 1. The van der Waals surface area contributed by atoms with Crippen LogP contribution in [0.15, 0.2) is 12.2 Å². The maximum atomic E-state index is 10.2. The van der Waals surface area contributed by atoms with Gasteiger partial charge in [-0.3, -0.25) is 0 Å². The van der Waals surface area contributed by atoms with Gasteiger partial charge in [-0.15, -0.1) is 0 Å². The quantitative estimate of drug-likeness (QED) is 0.456. The normalized spacial score (nSPS) is 29.7. The molecule has 0 spiro atoms. The molecule has 0 radical (unpaired) electrons. The molecule has 0 saturated carbocycles. The molecule has 1 heterocycles. The molecule has 2 N–H and O–H groups in total. The van der Waals surface area contributed by atoms with E-state index < -0.39 is 24.5 Å². The summed E-state index contributed by atoms with van der Waals surface area (Å²) in [4.78, 5) is 10.2. The van der Waals surface area contributed by atoms with Gasteiger partial charge in [0.15, 0.2) is 6.29 Å². The van der Waals surface area contributed by atoms with Crippen molar-refractivity contribution in [3.63, 3.8) is 0 Å². The summed E-state index contributed by atoms with van der Waals surface area (Å²) < 4.78 is 11.2. The molecule has 0 amide bonds. The summed E-state index contributed by atoms with van der Waals surface area (Å²) in [6, 6.07) is 0. The summed E-state index contributed by atoms with van der Waals surface area (Å²) in [5, 5.41) is 29.7. The van der Waals surface area contributed by atoms with Crippen LogP contribution in [0.2, 0.25) is 0 Å². The van der Waals surface area contributed by atoms with E-state index in [1.165, 1.54) is 0 Å². The predicted molar refractivity (Wildman–Crippen MR) is 83.4 cm³/mol. The van der Waals surface area contributed by atoms with Crippen LogP contribution in [0.1, 0.15) is 58.8 Å². The number of aliphatic hydroxyl groups excluding tert-OH is 2. The van der Waals surface area contributed by atoms with Crippen molar-refractivity contribution in [1.82, 2.24) is 0 Å². The zero-order chi connectivity index (χ0) is 17.2. The van der Waals surface area contributed by atoms with Crippen LogP contribution in [0.4, 0.5) is 0 Å². The van der Waals surface area contributed by atoms with Gasteiger partial charge in [-0.1, -0.05) is 25.3 Å². The monoisotopic (exact) mass is 329 g/mol. The number of rotatable bonds is 10. The molecule has 0 aromatic carbocycles. The Morgan fingerprint density at radius 2 is 2.00 bits per heavy atom. The highest BCUT2D eigenvalue weighted by atomic mass is 16.7. The van der Waals surface area contributed by atoms with Crippen LogP contribution < -0.4 is 5.11 Å². The molecule has 23 heavy (non-hydrogen) atoms. The number of ether oxygens (including phenoxy) is 2. The molecule has 134 valence electrons. The topological polar surface area (TPSA) is 99.1 Å². The fraction of sp³-hybridized carbons (Fsp3) is 0.824. The van der Waals surface area contributed by atoms with E-state index in [9.17, 15) is 20.1 Å². The van der Waals surface area contributed by atoms with E-state index in [4.69, 9.17) is 9.47 Å². The average Bonchev–Trinajstić information content (AvgIpc) is 2.47. The van der Waals surface area contributed by atoms with Gasteiger partial charge in [0.1, 0.15) is 6.10 Å². The van der Waals surface area contributed by atoms with Gasteiger partial charge < -0.3 is 29.6 Å². The zero-order valence-corrected chi connectivity index (χ0v) is 14.0. The number of hydrogen-bond acceptors (Lipinski definition) is 6. The van der Waals surface area contributed by atoms with Gasteiger partial charge in [0.05, 0.1) is 24.3 Å². The molecule has 6 heteroatoms. The minimum Gasteiger partial charge on any atom is -0.545 e. The highest BCUT2D eigenvalue weighted by Gasteiger charge is 2.35. The van der Waals surface area contributed by atoms with Gasteiger partial charge in [0.25, 0.3) is 0 Å². The Hall–Kier alpha value is -0.950. The number of carbonyl (C=O) groups is 1. The molecular formula is C17H29O6-. The van der Waals surface area contributed by atoms with E-state index in [1.807, 2.05) is 6.92 Å². The number of aliphatic carboxylic acids is 1. The third-order valence-corrected chi connectivity index (χ3v) is 4.04. The Kier molecular flexibility index (Phi) is 9.40. The third kappa shape index (κ3) is 8.46. The second kappa shape index (κ2) is 10.8. The standard InChI is InChI=1S/C17H30O6/c1-12(9-7-5-3-4-6-8-10-16(20)21)22-17-15(19)11-14(18)13(2)23-17/h8,10,12-15,17-19H,3-7,9,11H2,1-2H3,(H,20,21)/p-1/b10-8+/t12-,13+,14-,15-,17-/m1/s1. The second-order valence-corrected chi connectivity index (χ2v) is 6.24. The maximum absolute atomic E-state index is 10.2. The highest BCUT2D eigenvalue weighted by Crippen LogP contribution is 2.23. The van der Waals surface area contributed by atoms with Crippen molar-refractivity contribution in [3.05, 3.63) is 12.2 Å². The fourth-order valence-electron chi connectivity index (χ4n) is 2.59. The number of carboxylic acid groups (broad SMARTS) is 1. The van der Waals surface area contributed by atoms with E-state index in [-0.39, 0.29) is 18.6 Å². The molecule has 1 aliphatic rings. The molecule has 0 aromatic rings. The number of aliphatic hydroxyl groups is 2. The average molecular weight is 329 g/mol. The molecule has 0 aromatic heterocycles. The second-order valence-electron chi connectivity index (χ2n) is 6.24. The molecule has 6 nitrogen and oxygen atoms in total. The molecule has 0 bridgehead atoms. The SMILES string of the molecule is C[C@H](CCCCCC/C=C/C(=O)[O-])O[C@@H]1O[C@@H](C)[C@H](O)C[C@H]1O. The van der Waals surface area contributed by atoms with Crippen LogP contribution in [0.25, 0.3) is 0 Å². The largest absolute Gasteiger partial charge is 0.545 e. The summed E-state index contributed by atoms with van der Waals surface area (Å²) in [5.41, 5.74) is 0. The molecule has 0 unspecified atom stereocenters. The smallest absolute Gasteiger partial charge is 0.184 e. The number of hydrogen-bond donors (Lipinski definition) is 2. The molecule has 1 aliphatic heterocycles. The molecule has 1 fully saturated rings. The number of unbranched alkanes of at least 4 members (excludes halogenated alkanes) is 4. The lowest BCUT2D eigenvalue weighted by atomic mass is 10.0. The zero-order valence-electron chi connectivity index (χ0n) is 14.0. The Bertz CT molecular complexity index is 370. The van der Waals surface area contributed by atoms with Crippen LogP contribution in [-0.4, -0.2) is 46.9 Å². The third-order valence-electron chi connectivity index (χ3n) is 4.04. The molecule has 5 atom stereocenters. The lowest BCUT2D eigenvalue weighted by Gasteiger charge is -2.36. The van der Waals surface area contributed by atoms with Gasteiger partial charge in [-0.2, -0.15) is 0 Å². The van der Waals surface area contributed by atoms with Crippen molar-refractivity contribution in [2.24, 2.45) is 0 Å². The van der Waals surface area contributed by atoms with E-state index >= 15 is 0 Å². The Morgan fingerprint density at radius 3 is 2.70 bits per heavy atom. The van der Waals surface area contributed by atoms with Crippen molar-refractivity contribution < 1.29 is 29.6 Å². The Labute approximate surface area is 138 Å². The van der Waals surface area contributed by atoms with E-state index in [1.54, 1.807) is 13.0 Å². The molecule has 0 aliphatic carbocycles. The summed E-state index contributed by atoms with van der Waals surface area (Å²) in [5.74, 6) is -1.15. The van der Waals surface area contributed by atoms with Crippen LogP contribution in [-0.2, 0) is 14.3 Å². The first-order valence-corrected chi connectivity index (χ1v) is 8.44. The molecule has 1 saturated heterocycles. The van der Waals surface area contributed by atoms with Gasteiger partial charge in [-0.25, -0.2) is 0 Å². The minimum atomic E-state index is -1.15. The summed E-state index contributed by atoms with van der Waals surface area (Å²) in [6.07, 6.45) is 6.20. The summed E-state index contributed by atoms with van der Waals surface area (Å²) in [7, 11) is 0. The fourth-order valence-corrected chi connectivity index (χ4v) is 2.59. The van der Waals surface area contributed by atoms with E-state index in [0.29, 0.717) is 0 Å². The minimum absolute atomic E-state index is 0.0185. The van der Waals surface area contributed by atoms with E-state index in [0.717, 1.165) is 44.6 Å². The summed E-state index contributed by atoms with van der Waals surface area (Å²) in [6.45, 7) is 3.72. The van der Waals surface area contributed by atoms with Gasteiger partial charge in [-0.05, 0) is 39.2 Å². The number of carbonyl (C=O) groups excluding carboxylic acids is 1. The van der Waals surface area contributed by atoms with Crippen LogP contribution >= 0.6 is 0 Å². The maximum Gasteiger partial charge on any atom is 0.184 e. The van der Waals surface area contributed by atoms with E-state index in [2.05, 4.69) is 0 Å². The molecular weight excluding hydrogens is 300 g/mol.